The maximum atomic E-state index is 13.2. The topological polar surface area (TPSA) is 44.1 Å². The number of esters is 1. The number of hydrogen-bond acceptors (Lipinski definition) is 3. The summed E-state index contributed by atoms with van der Waals surface area (Å²) in [5.74, 6) is -1.24. The number of ether oxygens (including phenoxy) is 1. The van der Waals surface area contributed by atoms with Crippen LogP contribution in [0.5, 0.6) is 0 Å². The van der Waals surface area contributed by atoms with Gasteiger partial charge in [0.25, 0.3) is 0 Å². The highest BCUT2D eigenvalue weighted by Gasteiger charge is 2.24. The first-order chi connectivity index (χ1) is 10.2. The minimum atomic E-state index is -0.536. The van der Waals surface area contributed by atoms with E-state index in [-0.39, 0.29) is 11.0 Å². The van der Waals surface area contributed by atoms with Crippen LogP contribution in [0.15, 0.2) is 30.6 Å². The van der Waals surface area contributed by atoms with Gasteiger partial charge in [0.15, 0.2) is 0 Å². The SMILES string of the molecule is CC(C(=O)OC(C)(C)C)c1cnn(-c2ccc(F)c(Cl)c2)c1. The Labute approximate surface area is 133 Å². The molecule has 118 valence electrons. The molecule has 0 saturated carbocycles. The van der Waals surface area contributed by atoms with Crippen molar-refractivity contribution in [2.45, 2.75) is 39.2 Å². The van der Waals surface area contributed by atoms with E-state index in [1.807, 2.05) is 20.8 Å². The summed E-state index contributed by atoms with van der Waals surface area (Å²) >= 11 is 5.77. The van der Waals surface area contributed by atoms with Gasteiger partial charge in [-0.2, -0.15) is 5.10 Å². The molecular weight excluding hydrogens is 307 g/mol. The van der Waals surface area contributed by atoms with Gasteiger partial charge in [0, 0.05) is 11.8 Å². The summed E-state index contributed by atoms with van der Waals surface area (Å²) in [6.07, 6.45) is 3.30. The first kappa shape index (κ1) is 16.5. The predicted molar refractivity (Wildman–Crippen MR) is 82.8 cm³/mol. The summed E-state index contributed by atoms with van der Waals surface area (Å²) in [4.78, 5) is 12.1. The van der Waals surface area contributed by atoms with E-state index in [1.165, 1.54) is 12.1 Å². The highest BCUT2D eigenvalue weighted by atomic mass is 35.5. The van der Waals surface area contributed by atoms with Gasteiger partial charge in [0.2, 0.25) is 0 Å². The Morgan fingerprint density at radius 1 is 1.41 bits per heavy atom. The lowest BCUT2D eigenvalue weighted by Crippen LogP contribution is -2.26. The summed E-state index contributed by atoms with van der Waals surface area (Å²) in [5, 5.41) is 4.21. The maximum absolute atomic E-state index is 13.2. The fourth-order valence-electron chi connectivity index (χ4n) is 1.86. The van der Waals surface area contributed by atoms with Gasteiger partial charge in [-0.3, -0.25) is 4.79 Å². The molecule has 0 spiro atoms. The lowest BCUT2D eigenvalue weighted by Gasteiger charge is -2.21. The van der Waals surface area contributed by atoms with E-state index < -0.39 is 17.3 Å². The standard InChI is InChI=1S/C16H18ClFN2O2/c1-10(15(21)22-16(2,3)4)11-8-19-20(9-11)12-5-6-14(18)13(17)7-12/h5-10H,1-4H3. The Hall–Kier alpha value is -1.88. The van der Waals surface area contributed by atoms with Crippen molar-refractivity contribution in [1.82, 2.24) is 9.78 Å². The van der Waals surface area contributed by atoms with Crippen LogP contribution in [0.4, 0.5) is 4.39 Å². The molecule has 0 N–H and O–H groups in total. The number of hydrogen-bond donors (Lipinski definition) is 0. The van der Waals surface area contributed by atoms with Crippen molar-refractivity contribution < 1.29 is 13.9 Å². The zero-order chi connectivity index (χ0) is 16.5. The average molecular weight is 325 g/mol. The third kappa shape index (κ3) is 3.85. The second-order valence-electron chi connectivity index (χ2n) is 6.07. The zero-order valence-corrected chi connectivity index (χ0v) is 13.7. The summed E-state index contributed by atoms with van der Waals surface area (Å²) in [6.45, 7) is 7.22. The molecule has 0 fully saturated rings. The average Bonchev–Trinajstić information content (AvgIpc) is 2.88. The number of rotatable bonds is 3. The van der Waals surface area contributed by atoms with Crippen LogP contribution in [0.1, 0.15) is 39.2 Å². The molecule has 6 heteroatoms. The van der Waals surface area contributed by atoms with Gasteiger partial charge in [-0.1, -0.05) is 11.6 Å². The molecule has 0 bridgehead atoms. The van der Waals surface area contributed by atoms with Crippen molar-refractivity contribution in [2.75, 3.05) is 0 Å². The molecule has 4 nitrogen and oxygen atoms in total. The molecule has 0 aliphatic carbocycles. The molecule has 0 amide bonds. The van der Waals surface area contributed by atoms with Gasteiger partial charge in [-0.25, -0.2) is 9.07 Å². The van der Waals surface area contributed by atoms with Crippen LogP contribution in [0, 0.1) is 5.82 Å². The molecule has 0 saturated heterocycles. The number of nitrogens with zero attached hydrogens (tertiary/aromatic N) is 2. The normalized spacial score (nSPS) is 13.0. The number of carbonyl (C=O) groups excluding carboxylic acids is 1. The van der Waals surface area contributed by atoms with Gasteiger partial charge >= 0.3 is 5.97 Å². The summed E-state index contributed by atoms with van der Waals surface area (Å²) < 4.78 is 20.1. The fourth-order valence-corrected chi connectivity index (χ4v) is 2.03. The van der Waals surface area contributed by atoms with Crippen LogP contribution in [-0.4, -0.2) is 21.4 Å². The maximum Gasteiger partial charge on any atom is 0.313 e. The van der Waals surface area contributed by atoms with Crippen molar-refractivity contribution in [3.8, 4) is 5.69 Å². The highest BCUT2D eigenvalue weighted by molar-refractivity contribution is 6.30. The molecule has 1 aromatic heterocycles. The number of aromatic nitrogens is 2. The lowest BCUT2D eigenvalue weighted by molar-refractivity contribution is -0.156. The van der Waals surface area contributed by atoms with E-state index in [0.29, 0.717) is 5.69 Å². The van der Waals surface area contributed by atoms with E-state index in [0.717, 1.165) is 5.56 Å². The van der Waals surface area contributed by atoms with Crippen LogP contribution in [0.3, 0.4) is 0 Å². The monoisotopic (exact) mass is 324 g/mol. The van der Waals surface area contributed by atoms with Crippen molar-refractivity contribution >= 4 is 17.6 Å². The molecule has 1 heterocycles. The first-order valence-electron chi connectivity index (χ1n) is 6.90. The third-order valence-electron chi connectivity index (χ3n) is 3.03. The largest absolute Gasteiger partial charge is 0.460 e. The molecule has 1 atom stereocenters. The molecule has 22 heavy (non-hydrogen) atoms. The van der Waals surface area contributed by atoms with Crippen molar-refractivity contribution in [2.24, 2.45) is 0 Å². The Bertz CT molecular complexity index is 692. The van der Waals surface area contributed by atoms with E-state index in [1.54, 1.807) is 30.1 Å². The molecule has 2 rings (SSSR count). The van der Waals surface area contributed by atoms with Crippen LogP contribution < -0.4 is 0 Å². The van der Waals surface area contributed by atoms with Gasteiger partial charge in [-0.15, -0.1) is 0 Å². The van der Waals surface area contributed by atoms with E-state index >= 15 is 0 Å². The van der Waals surface area contributed by atoms with Crippen molar-refractivity contribution in [3.63, 3.8) is 0 Å². The summed E-state index contributed by atoms with van der Waals surface area (Å²) in [7, 11) is 0. The van der Waals surface area contributed by atoms with Gasteiger partial charge < -0.3 is 4.74 Å². The molecule has 2 aromatic rings. The number of carbonyl (C=O) groups is 1. The van der Waals surface area contributed by atoms with E-state index in [9.17, 15) is 9.18 Å². The molecule has 0 radical (unpaired) electrons. The third-order valence-corrected chi connectivity index (χ3v) is 3.32. The van der Waals surface area contributed by atoms with Crippen LogP contribution in [0.25, 0.3) is 5.69 Å². The highest BCUT2D eigenvalue weighted by Crippen LogP contribution is 2.23. The second-order valence-corrected chi connectivity index (χ2v) is 6.48. The van der Waals surface area contributed by atoms with Crippen LogP contribution in [-0.2, 0) is 9.53 Å². The number of halogens is 2. The van der Waals surface area contributed by atoms with E-state index in [4.69, 9.17) is 16.3 Å². The van der Waals surface area contributed by atoms with Gasteiger partial charge in [0.1, 0.15) is 11.4 Å². The fraction of sp³-hybridized carbons (Fsp3) is 0.375. The molecule has 0 aliphatic heterocycles. The van der Waals surface area contributed by atoms with Gasteiger partial charge in [0.05, 0.1) is 22.8 Å². The molecular formula is C16H18ClFN2O2. The molecule has 0 aliphatic rings. The van der Waals surface area contributed by atoms with E-state index in [2.05, 4.69) is 5.10 Å². The quantitative estimate of drug-likeness (QED) is 0.798. The second kappa shape index (κ2) is 6.08. The summed E-state index contributed by atoms with van der Waals surface area (Å²) in [6, 6.07) is 4.32. The Morgan fingerprint density at radius 3 is 2.68 bits per heavy atom. The predicted octanol–water partition coefficient (Wildman–Crippen LogP) is 4.11. The molecule has 1 unspecified atom stereocenters. The van der Waals surface area contributed by atoms with Crippen molar-refractivity contribution in [3.05, 3.63) is 47.0 Å². The summed E-state index contributed by atoms with van der Waals surface area (Å²) in [5.41, 5.74) is 0.801. The minimum absolute atomic E-state index is 0.0229. The Morgan fingerprint density at radius 2 is 2.09 bits per heavy atom. The Balaban J connectivity index is 2.20. The minimum Gasteiger partial charge on any atom is -0.460 e. The van der Waals surface area contributed by atoms with Gasteiger partial charge in [-0.05, 0) is 45.9 Å². The van der Waals surface area contributed by atoms with Crippen LogP contribution in [0.2, 0.25) is 5.02 Å². The smallest absolute Gasteiger partial charge is 0.313 e. The first-order valence-corrected chi connectivity index (χ1v) is 7.28. The number of benzene rings is 1. The Kier molecular flexibility index (Phi) is 4.56. The lowest BCUT2D eigenvalue weighted by atomic mass is 10.1. The van der Waals surface area contributed by atoms with Crippen LogP contribution >= 0.6 is 11.6 Å². The van der Waals surface area contributed by atoms with Crippen molar-refractivity contribution in [1.29, 1.82) is 0 Å². The molecule has 1 aromatic carbocycles. The zero-order valence-electron chi connectivity index (χ0n) is 12.9.